The van der Waals surface area contributed by atoms with E-state index in [4.69, 9.17) is 4.52 Å². The van der Waals surface area contributed by atoms with Crippen molar-refractivity contribution >= 4 is 16.4 Å². The molecular weight excluding hydrogens is 344 g/mol. The van der Waals surface area contributed by atoms with Crippen molar-refractivity contribution in [3.8, 4) is 22.8 Å². The van der Waals surface area contributed by atoms with E-state index in [1.807, 2.05) is 0 Å². The van der Waals surface area contributed by atoms with Crippen LogP contribution >= 0.6 is 0 Å². The summed E-state index contributed by atoms with van der Waals surface area (Å²) in [6.07, 6.45) is 5.78. The van der Waals surface area contributed by atoms with Gasteiger partial charge in [-0.15, -0.1) is 4.40 Å². The van der Waals surface area contributed by atoms with Crippen molar-refractivity contribution in [3.05, 3.63) is 43.0 Å². The third-order valence-electron chi connectivity index (χ3n) is 3.06. The zero-order valence-electron chi connectivity index (χ0n) is 13.4. The van der Waals surface area contributed by atoms with Crippen LogP contribution in [0.4, 0.5) is 0 Å². The van der Waals surface area contributed by atoms with Gasteiger partial charge in [0.1, 0.15) is 12.7 Å². The van der Waals surface area contributed by atoms with Gasteiger partial charge in [0.2, 0.25) is 5.82 Å². The van der Waals surface area contributed by atoms with Gasteiger partial charge >= 0.3 is 0 Å². The summed E-state index contributed by atoms with van der Waals surface area (Å²) in [5, 5.41) is 3.87. The smallest absolute Gasteiger partial charge is 0.283 e. The van der Waals surface area contributed by atoms with E-state index in [-0.39, 0.29) is 10.8 Å². The molecule has 0 unspecified atom stereocenters. The van der Waals surface area contributed by atoms with Gasteiger partial charge in [0.15, 0.2) is 0 Å². The Hall–Kier alpha value is -3.14. The molecule has 0 aliphatic carbocycles. The lowest BCUT2D eigenvalue weighted by molar-refractivity contribution is 0.432. The standard InChI is InChI=1S/C15H14N6O3S/c1-21(2)10-18-25(22,23)13-5-3-11(4-6-13)15-19-14(20-24-15)12-7-16-9-17-8-12/h3-10H,1-2H3/b18-10+. The Bertz CT molecular complexity index is 982. The summed E-state index contributed by atoms with van der Waals surface area (Å²) in [5.41, 5.74) is 1.21. The minimum Gasteiger partial charge on any atom is -0.368 e. The van der Waals surface area contributed by atoms with Crippen molar-refractivity contribution in [1.29, 1.82) is 0 Å². The molecule has 25 heavy (non-hydrogen) atoms. The van der Waals surface area contributed by atoms with Gasteiger partial charge in [0.05, 0.1) is 10.5 Å². The summed E-state index contributed by atoms with van der Waals surface area (Å²) in [4.78, 5) is 13.7. The SMILES string of the molecule is CN(C)/C=N/S(=O)(=O)c1ccc(-c2nc(-c3cncnc3)no2)cc1. The molecular formula is C15H14N6O3S. The van der Waals surface area contributed by atoms with Gasteiger partial charge in [-0.2, -0.15) is 13.4 Å². The maximum atomic E-state index is 12.1. The first-order valence-electron chi connectivity index (χ1n) is 7.12. The highest BCUT2D eigenvalue weighted by molar-refractivity contribution is 7.90. The molecule has 10 heteroatoms. The lowest BCUT2D eigenvalue weighted by atomic mass is 10.2. The molecule has 0 aliphatic heterocycles. The fraction of sp³-hybridized carbons (Fsp3) is 0.133. The lowest BCUT2D eigenvalue weighted by Gasteiger charge is -2.03. The summed E-state index contributed by atoms with van der Waals surface area (Å²) in [5.74, 6) is 0.613. The second-order valence-electron chi connectivity index (χ2n) is 5.23. The van der Waals surface area contributed by atoms with Gasteiger partial charge < -0.3 is 9.42 Å². The molecule has 0 fully saturated rings. The molecule has 0 bridgehead atoms. The van der Waals surface area contributed by atoms with E-state index in [9.17, 15) is 8.42 Å². The average molecular weight is 358 g/mol. The molecule has 128 valence electrons. The fourth-order valence-corrected chi connectivity index (χ4v) is 2.77. The van der Waals surface area contributed by atoms with Gasteiger partial charge in [-0.05, 0) is 24.3 Å². The minimum absolute atomic E-state index is 0.0746. The molecule has 2 aromatic heterocycles. The minimum atomic E-state index is -3.75. The number of nitrogens with zero attached hydrogens (tertiary/aromatic N) is 6. The van der Waals surface area contributed by atoms with Crippen LogP contribution in [0.3, 0.4) is 0 Å². The van der Waals surface area contributed by atoms with Gasteiger partial charge in [-0.25, -0.2) is 9.97 Å². The van der Waals surface area contributed by atoms with Gasteiger partial charge in [-0.3, -0.25) is 0 Å². The molecule has 3 aromatic rings. The second-order valence-corrected chi connectivity index (χ2v) is 6.87. The Labute approximate surface area is 144 Å². The third kappa shape index (κ3) is 3.86. The van der Waals surface area contributed by atoms with Crippen LogP contribution in [0.2, 0.25) is 0 Å². The van der Waals surface area contributed by atoms with Crippen LogP contribution in [0.5, 0.6) is 0 Å². The zero-order valence-corrected chi connectivity index (χ0v) is 14.3. The Kier molecular flexibility index (Phi) is 4.52. The average Bonchev–Trinajstić information content (AvgIpc) is 3.11. The lowest BCUT2D eigenvalue weighted by Crippen LogP contribution is -2.10. The topological polar surface area (TPSA) is 114 Å². The molecule has 0 N–H and O–H groups in total. The highest BCUT2D eigenvalue weighted by atomic mass is 32.2. The predicted molar refractivity (Wildman–Crippen MR) is 90.1 cm³/mol. The summed E-state index contributed by atoms with van der Waals surface area (Å²) < 4.78 is 33.0. The number of hydrogen-bond acceptors (Lipinski definition) is 7. The van der Waals surface area contributed by atoms with E-state index in [1.54, 1.807) is 43.5 Å². The Balaban J connectivity index is 1.85. The van der Waals surface area contributed by atoms with Crippen molar-refractivity contribution < 1.29 is 12.9 Å². The maximum Gasteiger partial charge on any atom is 0.283 e. The molecule has 0 amide bonds. The summed E-state index contributed by atoms with van der Waals surface area (Å²) in [6, 6.07) is 6.04. The van der Waals surface area contributed by atoms with E-state index < -0.39 is 10.0 Å². The maximum absolute atomic E-state index is 12.1. The normalized spacial score (nSPS) is 11.8. The fourth-order valence-electron chi connectivity index (χ4n) is 1.86. The van der Waals surface area contributed by atoms with Crippen molar-refractivity contribution in [1.82, 2.24) is 25.0 Å². The van der Waals surface area contributed by atoms with Gasteiger partial charge in [-0.1, -0.05) is 5.16 Å². The Morgan fingerprint density at radius 3 is 2.40 bits per heavy atom. The first-order chi connectivity index (χ1) is 12.0. The monoisotopic (exact) mass is 358 g/mol. The summed E-state index contributed by atoms with van der Waals surface area (Å²) >= 11 is 0. The quantitative estimate of drug-likeness (QED) is 0.497. The van der Waals surface area contributed by atoms with Gasteiger partial charge in [0.25, 0.3) is 15.9 Å². The van der Waals surface area contributed by atoms with Crippen LogP contribution in [-0.2, 0) is 10.0 Å². The highest BCUT2D eigenvalue weighted by Gasteiger charge is 2.15. The van der Waals surface area contributed by atoms with Crippen LogP contribution in [0.25, 0.3) is 22.8 Å². The molecule has 9 nitrogen and oxygen atoms in total. The van der Waals surface area contributed by atoms with Crippen LogP contribution in [0.1, 0.15) is 0 Å². The van der Waals surface area contributed by atoms with Crippen LogP contribution in [-0.4, -0.2) is 53.9 Å². The van der Waals surface area contributed by atoms with Crippen LogP contribution in [0.15, 0.2) is 56.8 Å². The molecule has 0 saturated heterocycles. The third-order valence-corrected chi connectivity index (χ3v) is 4.30. The number of hydrogen-bond donors (Lipinski definition) is 0. The van der Waals surface area contributed by atoms with Crippen LogP contribution in [0, 0.1) is 0 Å². The largest absolute Gasteiger partial charge is 0.368 e. The first kappa shape index (κ1) is 16.7. The molecule has 1 aromatic carbocycles. The van der Waals surface area contributed by atoms with Gasteiger partial charge in [0, 0.05) is 32.1 Å². The van der Waals surface area contributed by atoms with Crippen molar-refractivity contribution in [2.75, 3.05) is 14.1 Å². The van der Waals surface area contributed by atoms with Crippen molar-refractivity contribution in [3.63, 3.8) is 0 Å². The number of sulfonamides is 1. The molecule has 0 aliphatic rings. The number of benzene rings is 1. The molecule has 2 heterocycles. The first-order valence-corrected chi connectivity index (χ1v) is 8.56. The molecule has 0 spiro atoms. The summed E-state index contributed by atoms with van der Waals surface area (Å²) in [7, 11) is -0.372. The summed E-state index contributed by atoms with van der Waals surface area (Å²) in [6.45, 7) is 0. The van der Waals surface area contributed by atoms with E-state index in [1.165, 1.54) is 24.8 Å². The van der Waals surface area contributed by atoms with Crippen molar-refractivity contribution in [2.24, 2.45) is 4.40 Å². The van der Waals surface area contributed by atoms with Crippen molar-refractivity contribution in [2.45, 2.75) is 4.90 Å². The number of rotatable bonds is 5. The van der Waals surface area contributed by atoms with E-state index in [2.05, 4.69) is 24.5 Å². The number of aromatic nitrogens is 4. The molecule has 0 atom stereocenters. The van der Waals surface area contributed by atoms with E-state index in [0.717, 1.165) is 0 Å². The highest BCUT2D eigenvalue weighted by Crippen LogP contribution is 2.23. The van der Waals surface area contributed by atoms with Crippen LogP contribution < -0.4 is 0 Å². The Morgan fingerprint density at radius 2 is 1.76 bits per heavy atom. The zero-order chi connectivity index (χ0) is 17.9. The second kappa shape index (κ2) is 6.77. The predicted octanol–water partition coefficient (Wildman–Crippen LogP) is 1.47. The Morgan fingerprint density at radius 1 is 1.08 bits per heavy atom. The molecule has 0 radical (unpaired) electrons. The van der Waals surface area contributed by atoms with E-state index >= 15 is 0 Å². The molecule has 3 rings (SSSR count). The molecule has 0 saturated carbocycles. The van der Waals surface area contributed by atoms with E-state index in [0.29, 0.717) is 17.0 Å².